The lowest BCUT2D eigenvalue weighted by atomic mass is 10.2. The number of hydrazine groups is 1. The summed E-state index contributed by atoms with van der Waals surface area (Å²) >= 11 is 1.29. The van der Waals surface area contributed by atoms with Crippen LogP contribution in [0.2, 0.25) is 0 Å². The summed E-state index contributed by atoms with van der Waals surface area (Å²) in [6.07, 6.45) is 1.42. The molecular weight excluding hydrogens is 314 g/mol. The Labute approximate surface area is 137 Å². The molecule has 23 heavy (non-hydrogen) atoms. The van der Waals surface area contributed by atoms with Crippen LogP contribution in [0.4, 0.5) is 5.69 Å². The van der Waals surface area contributed by atoms with Crippen LogP contribution in [0.3, 0.4) is 0 Å². The number of thiophene rings is 1. The maximum absolute atomic E-state index is 12.0. The average Bonchev–Trinajstić information content (AvgIpc) is 3.24. The molecule has 2 N–H and O–H groups in total. The van der Waals surface area contributed by atoms with Crippen molar-refractivity contribution in [1.82, 2.24) is 10.9 Å². The fourth-order valence-electron chi connectivity index (χ4n) is 2.37. The summed E-state index contributed by atoms with van der Waals surface area (Å²) < 4.78 is 0. The van der Waals surface area contributed by atoms with Gasteiger partial charge in [0.1, 0.15) is 0 Å². The van der Waals surface area contributed by atoms with E-state index in [9.17, 15) is 14.4 Å². The minimum atomic E-state index is -0.408. The summed E-state index contributed by atoms with van der Waals surface area (Å²) in [7, 11) is 0. The third kappa shape index (κ3) is 3.40. The Morgan fingerprint density at radius 1 is 1.04 bits per heavy atom. The van der Waals surface area contributed by atoms with Gasteiger partial charge in [-0.15, -0.1) is 11.3 Å². The summed E-state index contributed by atoms with van der Waals surface area (Å²) in [5.74, 6) is -0.660. The molecule has 2 aromatic rings. The highest BCUT2D eigenvalue weighted by Gasteiger charge is 2.21. The van der Waals surface area contributed by atoms with Crippen LogP contribution in [0, 0.1) is 0 Å². The van der Waals surface area contributed by atoms with E-state index >= 15 is 0 Å². The number of nitrogens with zero attached hydrogens (tertiary/aromatic N) is 1. The van der Waals surface area contributed by atoms with E-state index in [1.54, 1.807) is 46.7 Å². The molecule has 1 aliphatic heterocycles. The number of rotatable bonds is 3. The predicted octanol–water partition coefficient (Wildman–Crippen LogP) is 1.95. The van der Waals surface area contributed by atoms with Gasteiger partial charge < -0.3 is 4.90 Å². The molecule has 0 saturated carbocycles. The second-order valence-electron chi connectivity index (χ2n) is 5.08. The first-order valence-corrected chi connectivity index (χ1v) is 8.08. The molecule has 3 rings (SSSR count). The fourth-order valence-corrected chi connectivity index (χ4v) is 2.99. The zero-order valence-corrected chi connectivity index (χ0v) is 13.1. The SMILES string of the molecule is O=C(NNC(=O)c1cccs1)c1ccc(N2CCCC2=O)cc1. The van der Waals surface area contributed by atoms with Crippen molar-refractivity contribution in [2.75, 3.05) is 11.4 Å². The first-order chi connectivity index (χ1) is 11.1. The van der Waals surface area contributed by atoms with E-state index in [2.05, 4.69) is 10.9 Å². The monoisotopic (exact) mass is 329 g/mol. The average molecular weight is 329 g/mol. The second-order valence-corrected chi connectivity index (χ2v) is 6.03. The minimum absolute atomic E-state index is 0.102. The smallest absolute Gasteiger partial charge is 0.279 e. The van der Waals surface area contributed by atoms with Crippen LogP contribution < -0.4 is 15.8 Å². The minimum Gasteiger partial charge on any atom is -0.312 e. The molecule has 0 aliphatic carbocycles. The lowest BCUT2D eigenvalue weighted by molar-refractivity contribution is -0.117. The highest BCUT2D eigenvalue weighted by Crippen LogP contribution is 2.21. The lowest BCUT2D eigenvalue weighted by Crippen LogP contribution is -2.41. The molecule has 1 aliphatic rings. The fraction of sp³-hybridized carbons (Fsp3) is 0.188. The Balaban J connectivity index is 1.59. The number of carbonyl (C=O) groups is 3. The molecule has 0 unspecified atom stereocenters. The Bertz CT molecular complexity index is 726. The molecule has 1 fully saturated rings. The van der Waals surface area contributed by atoms with Crippen molar-refractivity contribution in [2.24, 2.45) is 0 Å². The Morgan fingerprint density at radius 3 is 2.39 bits per heavy atom. The summed E-state index contributed by atoms with van der Waals surface area (Å²) in [6, 6.07) is 10.2. The molecule has 7 heteroatoms. The first-order valence-electron chi connectivity index (χ1n) is 7.20. The van der Waals surface area contributed by atoms with Gasteiger partial charge in [-0.25, -0.2) is 0 Å². The highest BCUT2D eigenvalue weighted by molar-refractivity contribution is 7.12. The molecule has 1 aromatic heterocycles. The summed E-state index contributed by atoms with van der Waals surface area (Å²) in [5.41, 5.74) is 5.93. The Hall–Kier alpha value is -2.67. The van der Waals surface area contributed by atoms with E-state index in [-0.39, 0.29) is 11.8 Å². The maximum atomic E-state index is 12.0. The van der Waals surface area contributed by atoms with Crippen molar-refractivity contribution >= 4 is 34.7 Å². The van der Waals surface area contributed by atoms with Crippen LogP contribution in [0.5, 0.6) is 0 Å². The third-order valence-corrected chi connectivity index (χ3v) is 4.42. The standard InChI is InChI=1S/C16H15N3O3S/c20-14-4-1-9-19(14)12-7-5-11(6-8-12)15(21)17-18-16(22)13-3-2-10-23-13/h2-3,5-8,10H,1,4,9H2,(H,17,21)(H,18,22). The molecule has 0 atom stereocenters. The van der Waals surface area contributed by atoms with E-state index in [0.29, 0.717) is 23.4 Å². The highest BCUT2D eigenvalue weighted by atomic mass is 32.1. The Kier molecular flexibility index (Phi) is 4.38. The molecule has 118 valence electrons. The van der Waals surface area contributed by atoms with Gasteiger partial charge in [0, 0.05) is 24.2 Å². The molecule has 3 amide bonds. The molecular formula is C16H15N3O3S. The molecule has 0 bridgehead atoms. The molecule has 0 spiro atoms. The largest absolute Gasteiger partial charge is 0.312 e. The van der Waals surface area contributed by atoms with E-state index in [0.717, 1.165) is 12.1 Å². The van der Waals surface area contributed by atoms with E-state index in [4.69, 9.17) is 0 Å². The van der Waals surface area contributed by atoms with Crippen molar-refractivity contribution in [2.45, 2.75) is 12.8 Å². The predicted molar refractivity (Wildman–Crippen MR) is 87.3 cm³/mol. The number of nitrogens with one attached hydrogen (secondary N) is 2. The van der Waals surface area contributed by atoms with Gasteiger partial charge in [0.2, 0.25) is 5.91 Å². The zero-order chi connectivity index (χ0) is 16.2. The van der Waals surface area contributed by atoms with E-state index in [1.807, 2.05) is 0 Å². The normalized spacial score (nSPS) is 13.9. The number of carbonyl (C=O) groups excluding carboxylic acids is 3. The molecule has 1 aromatic carbocycles. The van der Waals surface area contributed by atoms with Gasteiger partial charge in [0.05, 0.1) is 4.88 Å². The van der Waals surface area contributed by atoms with Crippen molar-refractivity contribution < 1.29 is 14.4 Å². The zero-order valence-electron chi connectivity index (χ0n) is 12.2. The number of amides is 3. The van der Waals surface area contributed by atoms with Crippen molar-refractivity contribution in [3.8, 4) is 0 Å². The Morgan fingerprint density at radius 2 is 1.78 bits per heavy atom. The van der Waals surface area contributed by atoms with Crippen LogP contribution >= 0.6 is 11.3 Å². The number of benzene rings is 1. The summed E-state index contributed by atoms with van der Waals surface area (Å²) in [4.78, 5) is 37.7. The number of hydrogen-bond acceptors (Lipinski definition) is 4. The van der Waals surface area contributed by atoms with Gasteiger partial charge in [-0.05, 0) is 42.1 Å². The van der Waals surface area contributed by atoms with Gasteiger partial charge in [0.15, 0.2) is 0 Å². The van der Waals surface area contributed by atoms with E-state index in [1.165, 1.54) is 11.3 Å². The van der Waals surface area contributed by atoms with Gasteiger partial charge in [-0.1, -0.05) is 6.07 Å². The summed E-state index contributed by atoms with van der Waals surface area (Å²) in [5, 5.41) is 1.79. The summed E-state index contributed by atoms with van der Waals surface area (Å²) in [6.45, 7) is 0.710. The van der Waals surface area contributed by atoms with Crippen molar-refractivity contribution in [3.63, 3.8) is 0 Å². The van der Waals surface area contributed by atoms with Crippen molar-refractivity contribution in [1.29, 1.82) is 0 Å². The van der Waals surface area contributed by atoms with Crippen LogP contribution in [0.25, 0.3) is 0 Å². The van der Waals surface area contributed by atoms with Crippen molar-refractivity contribution in [3.05, 3.63) is 52.2 Å². The quantitative estimate of drug-likeness (QED) is 0.845. The molecule has 6 nitrogen and oxygen atoms in total. The van der Waals surface area contributed by atoms with Crippen LogP contribution in [-0.4, -0.2) is 24.3 Å². The number of hydrogen-bond donors (Lipinski definition) is 2. The molecule has 0 radical (unpaired) electrons. The third-order valence-electron chi connectivity index (χ3n) is 3.55. The van der Waals surface area contributed by atoms with Crippen LogP contribution in [-0.2, 0) is 4.79 Å². The van der Waals surface area contributed by atoms with Crippen LogP contribution in [0.15, 0.2) is 41.8 Å². The second kappa shape index (κ2) is 6.62. The number of anilines is 1. The molecule has 1 saturated heterocycles. The topological polar surface area (TPSA) is 78.5 Å². The lowest BCUT2D eigenvalue weighted by Gasteiger charge is -2.15. The van der Waals surface area contributed by atoms with Gasteiger partial charge >= 0.3 is 0 Å². The maximum Gasteiger partial charge on any atom is 0.279 e. The van der Waals surface area contributed by atoms with Crippen LogP contribution in [0.1, 0.15) is 32.9 Å². The van der Waals surface area contributed by atoms with Gasteiger partial charge in [-0.2, -0.15) is 0 Å². The van der Waals surface area contributed by atoms with E-state index < -0.39 is 5.91 Å². The van der Waals surface area contributed by atoms with Gasteiger partial charge in [0.25, 0.3) is 11.8 Å². The first kappa shape index (κ1) is 15.2. The molecule has 2 heterocycles. The van der Waals surface area contributed by atoms with Gasteiger partial charge in [-0.3, -0.25) is 25.2 Å².